The lowest BCUT2D eigenvalue weighted by molar-refractivity contribution is 0.590. The summed E-state index contributed by atoms with van der Waals surface area (Å²) in [5.41, 5.74) is 4.39. The van der Waals surface area contributed by atoms with Crippen LogP contribution in [0.3, 0.4) is 0 Å². The molecule has 0 fully saturated rings. The number of halogens is 1. The average Bonchev–Trinajstić information content (AvgIpc) is 2.53. The van der Waals surface area contributed by atoms with Crippen molar-refractivity contribution in [1.29, 1.82) is 0 Å². The van der Waals surface area contributed by atoms with Gasteiger partial charge in [0.05, 0.1) is 5.38 Å². The van der Waals surface area contributed by atoms with Crippen LogP contribution in [0.2, 0.25) is 0 Å². The van der Waals surface area contributed by atoms with Crippen molar-refractivity contribution in [2.45, 2.75) is 57.2 Å². The first-order valence-electron chi connectivity index (χ1n) is 6.92. The number of hydrogen-bond acceptors (Lipinski definition) is 0. The summed E-state index contributed by atoms with van der Waals surface area (Å²) in [6, 6.07) is 9.01. The Bertz CT molecular complexity index is 420. The number of allylic oxidation sites excluding steroid dienone is 2. The highest BCUT2D eigenvalue weighted by Gasteiger charge is 2.15. The van der Waals surface area contributed by atoms with Crippen LogP contribution < -0.4 is 0 Å². The molecule has 1 heteroatoms. The number of rotatable bonds is 1. The zero-order valence-corrected chi connectivity index (χ0v) is 12.4. The van der Waals surface area contributed by atoms with Crippen LogP contribution in [0.25, 0.3) is 5.57 Å². The standard InChI is InChI=1S/C17H23Cl/c1-17(2,3)15-10-8-13(9-11-15)14-6-4-5-7-16(18)12-14/h8-12,16H,4-7H2,1-3H3. The zero-order valence-electron chi connectivity index (χ0n) is 11.7. The molecule has 2 rings (SSSR count). The van der Waals surface area contributed by atoms with Crippen LogP contribution in [0.1, 0.15) is 57.6 Å². The maximum Gasteiger partial charge on any atom is 0.0521 e. The predicted molar refractivity (Wildman–Crippen MR) is 81.2 cm³/mol. The zero-order chi connectivity index (χ0) is 13.2. The molecule has 1 aromatic carbocycles. The number of hydrogen-bond donors (Lipinski definition) is 0. The summed E-state index contributed by atoms with van der Waals surface area (Å²) in [6.45, 7) is 6.76. The predicted octanol–water partition coefficient (Wildman–Crippen LogP) is 5.55. The van der Waals surface area contributed by atoms with Gasteiger partial charge in [-0.1, -0.05) is 57.5 Å². The van der Waals surface area contributed by atoms with E-state index in [1.54, 1.807) is 0 Å². The van der Waals surface area contributed by atoms with Gasteiger partial charge in [-0.05, 0) is 41.4 Å². The molecule has 1 unspecified atom stereocenters. The summed E-state index contributed by atoms with van der Waals surface area (Å²) in [5.74, 6) is 0. The van der Waals surface area contributed by atoms with Gasteiger partial charge >= 0.3 is 0 Å². The SMILES string of the molecule is CC(C)(C)c1ccc(C2=CC(Cl)CCCC2)cc1. The fraction of sp³-hybridized carbons (Fsp3) is 0.529. The largest absolute Gasteiger partial charge is 0.118 e. The maximum absolute atomic E-state index is 6.29. The molecule has 0 aromatic heterocycles. The molecule has 18 heavy (non-hydrogen) atoms. The molecule has 0 saturated carbocycles. The highest BCUT2D eigenvalue weighted by molar-refractivity contribution is 6.22. The van der Waals surface area contributed by atoms with Crippen molar-refractivity contribution in [3.05, 3.63) is 41.5 Å². The molecule has 0 nitrogen and oxygen atoms in total. The fourth-order valence-corrected chi connectivity index (χ4v) is 2.77. The van der Waals surface area contributed by atoms with Crippen molar-refractivity contribution in [1.82, 2.24) is 0 Å². The van der Waals surface area contributed by atoms with Gasteiger partial charge in [-0.3, -0.25) is 0 Å². The summed E-state index contributed by atoms with van der Waals surface area (Å²) in [5, 5.41) is 0.213. The number of benzene rings is 1. The molecule has 0 radical (unpaired) electrons. The van der Waals surface area contributed by atoms with Crippen molar-refractivity contribution < 1.29 is 0 Å². The fourth-order valence-electron chi connectivity index (χ4n) is 2.46. The minimum atomic E-state index is 0.213. The summed E-state index contributed by atoms with van der Waals surface area (Å²) >= 11 is 6.29. The molecule has 0 spiro atoms. The minimum Gasteiger partial charge on any atom is -0.118 e. The minimum absolute atomic E-state index is 0.213. The number of alkyl halides is 1. The van der Waals surface area contributed by atoms with E-state index in [1.165, 1.54) is 29.5 Å². The van der Waals surface area contributed by atoms with E-state index in [-0.39, 0.29) is 10.8 Å². The van der Waals surface area contributed by atoms with E-state index in [2.05, 4.69) is 51.1 Å². The molecule has 0 heterocycles. The molecular formula is C17H23Cl. The molecule has 0 saturated heterocycles. The van der Waals surface area contributed by atoms with E-state index < -0.39 is 0 Å². The van der Waals surface area contributed by atoms with Crippen LogP contribution >= 0.6 is 11.6 Å². The smallest absolute Gasteiger partial charge is 0.0521 e. The lowest BCUT2D eigenvalue weighted by atomic mass is 9.86. The third-order valence-electron chi connectivity index (χ3n) is 3.68. The van der Waals surface area contributed by atoms with Crippen LogP contribution in [-0.2, 0) is 5.41 Å². The second-order valence-corrected chi connectivity index (χ2v) is 6.84. The van der Waals surface area contributed by atoms with Crippen LogP contribution in [0.4, 0.5) is 0 Å². The van der Waals surface area contributed by atoms with Gasteiger partial charge in [0.1, 0.15) is 0 Å². The van der Waals surface area contributed by atoms with Crippen LogP contribution in [0.5, 0.6) is 0 Å². The van der Waals surface area contributed by atoms with Gasteiger partial charge in [-0.2, -0.15) is 0 Å². The third-order valence-corrected chi connectivity index (χ3v) is 4.02. The molecule has 0 amide bonds. The molecule has 0 bridgehead atoms. The lowest BCUT2D eigenvalue weighted by Crippen LogP contribution is -2.10. The van der Waals surface area contributed by atoms with Gasteiger partial charge in [-0.15, -0.1) is 11.6 Å². The Labute approximate surface area is 116 Å². The van der Waals surface area contributed by atoms with Gasteiger partial charge in [0.2, 0.25) is 0 Å². The van der Waals surface area contributed by atoms with Crippen molar-refractivity contribution in [3.8, 4) is 0 Å². The monoisotopic (exact) mass is 262 g/mol. The van der Waals surface area contributed by atoms with Crippen LogP contribution in [0, 0.1) is 0 Å². The van der Waals surface area contributed by atoms with Crippen molar-refractivity contribution in [2.75, 3.05) is 0 Å². The molecule has 0 aliphatic heterocycles. The highest BCUT2D eigenvalue weighted by atomic mass is 35.5. The molecule has 98 valence electrons. The van der Waals surface area contributed by atoms with Crippen molar-refractivity contribution >= 4 is 17.2 Å². The Hall–Kier alpha value is -0.750. The Morgan fingerprint density at radius 3 is 2.33 bits per heavy atom. The van der Waals surface area contributed by atoms with E-state index >= 15 is 0 Å². The maximum atomic E-state index is 6.29. The Morgan fingerprint density at radius 1 is 1.06 bits per heavy atom. The third kappa shape index (κ3) is 3.38. The average molecular weight is 263 g/mol. The van der Waals surface area contributed by atoms with Crippen molar-refractivity contribution in [2.24, 2.45) is 0 Å². The topological polar surface area (TPSA) is 0 Å². The molecule has 1 aromatic rings. The molecule has 1 aliphatic rings. The summed E-state index contributed by atoms with van der Waals surface area (Å²) < 4.78 is 0. The van der Waals surface area contributed by atoms with E-state index in [0.29, 0.717) is 0 Å². The van der Waals surface area contributed by atoms with E-state index in [9.17, 15) is 0 Å². The first-order valence-corrected chi connectivity index (χ1v) is 7.36. The summed E-state index contributed by atoms with van der Waals surface area (Å²) in [6.07, 6.45) is 7.04. The molecular weight excluding hydrogens is 240 g/mol. The van der Waals surface area contributed by atoms with Crippen LogP contribution in [-0.4, -0.2) is 5.38 Å². The molecule has 1 aliphatic carbocycles. The van der Waals surface area contributed by atoms with Gasteiger partial charge < -0.3 is 0 Å². The normalized spacial score (nSPS) is 21.3. The lowest BCUT2D eigenvalue weighted by Gasteiger charge is -2.19. The highest BCUT2D eigenvalue weighted by Crippen LogP contribution is 2.30. The first-order chi connectivity index (χ1) is 8.47. The summed E-state index contributed by atoms with van der Waals surface area (Å²) in [7, 11) is 0. The van der Waals surface area contributed by atoms with E-state index in [4.69, 9.17) is 11.6 Å². The molecule has 1 atom stereocenters. The quantitative estimate of drug-likeness (QED) is 0.582. The van der Waals surface area contributed by atoms with E-state index in [0.717, 1.165) is 12.8 Å². The second-order valence-electron chi connectivity index (χ2n) is 6.28. The van der Waals surface area contributed by atoms with Gasteiger partial charge in [0.15, 0.2) is 0 Å². The second kappa shape index (κ2) is 5.48. The van der Waals surface area contributed by atoms with Gasteiger partial charge in [-0.25, -0.2) is 0 Å². The van der Waals surface area contributed by atoms with E-state index in [1.807, 2.05) is 0 Å². The Balaban J connectivity index is 2.23. The first kappa shape index (κ1) is 13.7. The van der Waals surface area contributed by atoms with Gasteiger partial charge in [0, 0.05) is 0 Å². The Morgan fingerprint density at radius 2 is 1.72 bits per heavy atom. The molecule has 0 N–H and O–H groups in total. The Kier molecular flexibility index (Phi) is 4.17. The van der Waals surface area contributed by atoms with Crippen LogP contribution in [0.15, 0.2) is 30.3 Å². The summed E-state index contributed by atoms with van der Waals surface area (Å²) in [4.78, 5) is 0. The van der Waals surface area contributed by atoms with Crippen molar-refractivity contribution in [3.63, 3.8) is 0 Å². The van der Waals surface area contributed by atoms with Gasteiger partial charge in [0.25, 0.3) is 0 Å².